The van der Waals surface area contributed by atoms with Gasteiger partial charge in [-0.25, -0.2) is 14.4 Å². The fourth-order valence-electron chi connectivity index (χ4n) is 3.77. The van der Waals surface area contributed by atoms with Crippen molar-refractivity contribution >= 4 is 11.8 Å². The van der Waals surface area contributed by atoms with Gasteiger partial charge in [-0.05, 0) is 42.7 Å². The molecule has 0 radical (unpaired) electrons. The lowest BCUT2D eigenvalue weighted by Crippen LogP contribution is -2.44. The van der Waals surface area contributed by atoms with Gasteiger partial charge >= 0.3 is 0 Å². The second-order valence-electron chi connectivity index (χ2n) is 7.60. The molecule has 1 fully saturated rings. The molecule has 3 heterocycles. The zero-order valence-electron chi connectivity index (χ0n) is 17.7. The Hall–Kier alpha value is -3.42. The summed E-state index contributed by atoms with van der Waals surface area (Å²) < 4.78 is 16.0. The highest BCUT2D eigenvalue weighted by molar-refractivity contribution is 5.80. The minimum atomic E-state index is -0.279. The number of halogens is 1. The van der Waals surface area contributed by atoms with E-state index in [4.69, 9.17) is 4.99 Å². The van der Waals surface area contributed by atoms with Crippen molar-refractivity contribution < 1.29 is 4.39 Å². The second-order valence-corrected chi connectivity index (χ2v) is 7.60. The molecule has 7 nitrogen and oxygen atoms in total. The van der Waals surface area contributed by atoms with E-state index >= 15 is 0 Å². The van der Waals surface area contributed by atoms with Crippen LogP contribution in [-0.2, 0) is 13.1 Å². The first kappa shape index (κ1) is 20.8. The summed E-state index contributed by atoms with van der Waals surface area (Å²) in [4.78, 5) is 10.9. The number of nitrogens with zero attached hydrogens (tertiary/aromatic N) is 5. The Morgan fingerprint density at radius 2 is 2.10 bits per heavy atom. The van der Waals surface area contributed by atoms with Crippen molar-refractivity contribution in [1.82, 2.24) is 25.4 Å². The minimum absolute atomic E-state index is 0.186. The number of nitrogens with one attached hydrogen (secondary N) is 2. The van der Waals surface area contributed by atoms with Crippen LogP contribution in [0.2, 0.25) is 0 Å². The highest BCUT2D eigenvalue weighted by Crippen LogP contribution is 2.20. The van der Waals surface area contributed by atoms with E-state index < -0.39 is 0 Å². The lowest BCUT2D eigenvalue weighted by Gasteiger charge is -2.20. The monoisotopic (exact) mass is 421 g/mol. The maximum atomic E-state index is 14.0. The average Bonchev–Trinajstić information content (AvgIpc) is 3.45. The third-order valence-corrected chi connectivity index (χ3v) is 5.23. The Labute approximate surface area is 182 Å². The number of aliphatic imine (C=N–C) groups is 1. The van der Waals surface area contributed by atoms with Gasteiger partial charge in [0.1, 0.15) is 0 Å². The Bertz CT molecular complexity index is 1000. The predicted molar refractivity (Wildman–Crippen MR) is 121 cm³/mol. The van der Waals surface area contributed by atoms with Gasteiger partial charge in [0, 0.05) is 44.3 Å². The molecule has 1 aliphatic heterocycles. The van der Waals surface area contributed by atoms with Crippen molar-refractivity contribution in [1.29, 1.82) is 0 Å². The molecule has 31 heavy (non-hydrogen) atoms. The van der Waals surface area contributed by atoms with Gasteiger partial charge in [-0.2, -0.15) is 5.10 Å². The van der Waals surface area contributed by atoms with Gasteiger partial charge in [-0.1, -0.05) is 24.3 Å². The van der Waals surface area contributed by atoms with Crippen LogP contribution in [0.5, 0.6) is 0 Å². The minimum Gasteiger partial charge on any atom is -0.357 e. The summed E-state index contributed by atoms with van der Waals surface area (Å²) >= 11 is 0. The van der Waals surface area contributed by atoms with E-state index in [1.807, 2.05) is 28.8 Å². The molecule has 1 saturated heterocycles. The fourth-order valence-corrected chi connectivity index (χ4v) is 3.77. The molecule has 1 atom stereocenters. The van der Waals surface area contributed by atoms with Crippen molar-refractivity contribution in [2.45, 2.75) is 32.5 Å². The quantitative estimate of drug-likeness (QED) is 0.454. The van der Waals surface area contributed by atoms with Gasteiger partial charge in [-0.3, -0.25) is 4.68 Å². The van der Waals surface area contributed by atoms with Crippen LogP contribution in [0.1, 0.15) is 24.5 Å². The van der Waals surface area contributed by atoms with Gasteiger partial charge in [0.2, 0.25) is 0 Å². The number of benzene rings is 1. The third kappa shape index (κ3) is 5.59. The van der Waals surface area contributed by atoms with E-state index in [2.05, 4.69) is 45.0 Å². The highest BCUT2D eigenvalue weighted by Gasteiger charge is 2.25. The van der Waals surface area contributed by atoms with Gasteiger partial charge in [0.25, 0.3) is 0 Å². The van der Waals surface area contributed by atoms with Crippen molar-refractivity contribution in [3.8, 4) is 0 Å². The molecule has 162 valence electrons. The van der Waals surface area contributed by atoms with Crippen molar-refractivity contribution in [2.75, 3.05) is 24.5 Å². The molecule has 0 aliphatic carbocycles. The average molecular weight is 422 g/mol. The second kappa shape index (κ2) is 10.1. The first-order chi connectivity index (χ1) is 15.2. The molecular formula is C23H28FN7. The maximum absolute atomic E-state index is 14.0. The summed E-state index contributed by atoms with van der Waals surface area (Å²) in [7, 11) is 0. The smallest absolute Gasteiger partial charge is 0.191 e. The topological polar surface area (TPSA) is 70.4 Å². The summed E-state index contributed by atoms with van der Waals surface area (Å²) in [6.45, 7) is 5.60. The Kier molecular flexibility index (Phi) is 6.76. The van der Waals surface area contributed by atoms with E-state index in [1.165, 1.54) is 11.6 Å². The molecule has 4 rings (SSSR count). The number of rotatable bonds is 7. The maximum Gasteiger partial charge on any atom is 0.191 e. The molecule has 3 aromatic rings. The molecule has 1 unspecified atom stereocenters. The molecule has 0 amide bonds. The van der Waals surface area contributed by atoms with E-state index in [0.29, 0.717) is 18.9 Å². The number of pyridine rings is 1. The number of aromatic nitrogens is 3. The standard InChI is InChI=1S/C23H28FN7/c1-2-25-23(29-20-9-13-30(17-20)22-21(24)8-4-10-26-22)27-15-18-6-3-7-19(14-18)16-31-12-5-11-28-31/h3-8,10-12,14,20H,2,9,13,15-17H2,1H3,(H2,25,27,29). The fraction of sp³-hybridized carbons (Fsp3) is 0.348. The number of hydrogen-bond donors (Lipinski definition) is 2. The Morgan fingerprint density at radius 1 is 1.19 bits per heavy atom. The number of guanidine groups is 1. The first-order valence-electron chi connectivity index (χ1n) is 10.7. The SMILES string of the molecule is CCNC(=NCc1cccc(Cn2cccn2)c1)NC1CCN(c2ncccc2F)C1. The van der Waals surface area contributed by atoms with Crippen LogP contribution < -0.4 is 15.5 Å². The largest absolute Gasteiger partial charge is 0.357 e. The molecule has 2 aromatic heterocycles. The van der Waals surface area contributed by atoms with Gasteiger partial charge in [0.15, 0.2) is 17.6 Å². The van der Waals surface area contributed by atoms with Gasteiger partial charge in [0.05, 0.1) is 13.1 Å². The summed E-state index contributed by atoms with van der Waals surface area (Å²) in [6, 6.07) is 13.6. The summed E-state index contributed by atoms with van der Waals surface area (Å²) in [5.74, 6) is 0.912. The zero-order chi connectivity index (χ0) is 21.5. The lowest BCUT2D eigenvalue weighted by molar-refractivity contribution is 0.612. The summed E-state index contributed by atoms with van der Waals surface area (Å²) in [5, 5.41) is 11.1. The van der Waals surface area contributed by atoms with Crippen LogP contribution in [0.15, 0.2) is 66.0 Å². The summed E-state index contributed by atoms with van der Waals surface area (Å²) in [6.07, 6.45) is 6.28. The molecule has 0 bridgehead atoms. The van der Waals surface area contributed by atoms with Crippen molar-refractivity contribution in [3.05, 3.63) is 78.0 Å². The number of hydrogen-bond acceptors (Lipinski definition) is 4. The normalized spacial score (nSPS) is 16.5. The van der Waals surface area contributed by atoms with Crippen molar-refractivity contribution in [2.24, 2.45) is 4.99 Å². The Balaban J connectivity index is 1.37. The molecule has 0 saturated carbocycles. The van der Waals surface area contributed by atoms with Crippen LogP contribution in [0.25, 0.3) is 0 Å². The van der Waals surface area contributed by atoms with Crippen LogP contribution in [0.3, 0.4) is 0 Å². The van der Waals surface area contributed by atoms with E-state index in [9.17, 15) is 4.39 Å². The van der Waals surface area contributed by atoms with Crippen LogP contribution in [0, 0.1) is 5.82 Å². The van der Waals surface area contributed by atoms with Gasteiger partial charge in [-0.15, -0.1) is 0 Å². The molecule has 1 aromatic carbocycles. The molecule has 0 spiro atoms. The lowest BCUT2D eigenvalue weighted by atomic mass is 10.1. The first-order valence-corrected chi connectivity index (χ1v) is 10.7. The molecule has 2 N–H and O–H groups in total. The molecule has 8 heteroatoms. The summed E-state index contributed by atoms with van der Waals surface area (Å²) in [5.41, 5.74) is 2.34. The van der Waals surface area contributed by atoms with Gasteiger partial charge < -0.3 is 15.5 Å². The number of anilines is 1. The van der Waals surface area contributed by atoms with Crippen molar-refractivity contribution in [3.63, 3.8) is 0 Å². The van der Waals surface area contributed by atoms with E-state index in [0.717, 1.165) is 37.6 Å². The highest BCUT2D eigenvalue weighted by atomic mass is 19.1. The van der Waals surface area contributed by atoms with Crippen LogP contribution in [-0.4, -0.2) is 46.4 Å². The van der Waals surface area contributed by atoms with E-state index in [-0.39, 0.29) is 11.9 Å². The molecule has 1 aliphatic rings. The predicted octanol–water partition coefficient (Wildman–Crippen LogP) is 2.80. The van der Waals surface area contributed by atoms with E-state index in [1.54, 1.807) is 18.5 Å². The third-order valence-electron chi connectivity index (χ3n) is 5.23. The molecular weight excluding hydrogens is 393 g/mol. The zero-order valence-corrected chi connectivity index (χ0v) is 17.7. The van der Waals surface area contributed by atoms with Crippen LogP contribution in [0.4, 0.5) is 10.2 Å². The van der Waals surface area contributed by atoms with Crippen LogP contribution >= 0.6 is 0 Å². The Morgan fingerprint density at radius 3 is 2.90 bits per heavy atom.